The molecule has 1 saturated heterocycles. The number of H-pyrrole nitrogens is 1. The Bertz CT molecular complexity index is 872. The number of rotatable bonds is 9. The van der Waals surface area contributed by atoms with Crippen molar-refractivity contribution >= 4 is 26.8 Å². The number of para-hydroxylation sites is 1. The fourth-order valence-corrected chi connectivity index (χ4v) is 4.22. The summed E-state index contributed by atoms with van der Waals surface area (Å²) >= 11 is 0. The minimum Gasteiger partial charge on any atom is -0.376 e. The summed E-state index contributed by atoms with van der Waals surface area (Å²) in [6, 6.07) is 7.93. The van der Waals surface area contributed by atoms with Gasteiger partial charge in [0.1, 0.15) is 0 Å². The van der Waals surface area contributed by atoms with Crippen LogP contribution in [0.15, 0.2) is 30.5 Å². The molecule has 1 amide bonds. The van der Waals surface area contributed by atoms with Gasteiger partial charge in [-0.15, -0.1) is 0 Å². The Morgan fingerprint density at radius 3 is 2.89 bits per heavy atom. The predicted octanol–water partition coefficient (Wildman–Crippen LogP) is 1.66. The molecule has 1 unspecified atom stereocenters. The molecule has 3 rings (SSSR count). The van der Waals surface area contributed by atoms with E-state index in [2.05, 4.69) is 10.3 Å². The van der Waals surface area contributed by atoms with Crippen LogP contribution < -0.4 is 5.32 Å². The second kappa shape index (κ2) is 8.86. The Kier molecular flexibility index (Phi) is 6.51. The Morgan fingerprint density at radius 2 is 2.15 bits per heavy atom. The standard InChI is InChI=1S/C19H27N3O4S/c1-27(24,25)22(11-9-19(23)21-14-16-5-4-12-26-16)10-8-15-13-20-18-7-3-2-6-17(15)18/h2-3,6-7,13,16,20H,4-5,8-12,14H2,1H3,(H,21,23). The Balaban J connectivity index is 1.52. The summed E-state index contributed by atoms with van der Waals surface area (Å²) in [6.45, 7) is 1.77. The highest BCUT2D eigenvalue weighted by atomic mass is 32.2. The largest absolute Gasteiger partial charge is 0.376 e. The van der Waals surface area contributed by atoms with Crippen molar-refractivity contribution in [2.45, 2.75) is 31.8 Å². The number of benzene rings is 1. The van der Waals surface area contributed by atoms with Gasteiger partial charge in [0, 0.05) is 49.8 Å². The lowest BCUT2D eigenvalue weighted by Crippen LogP contribution is -2.37. The van der Waals surface area contributed by atoms with Crippen LogP contribution in [-0.4, -0.2) is 62.2 Å². The van der Waals surface area contributed by atoms with E-state index in [1.165, 1.54) is 10.6 Å². The first kappa shape index (κ1) is 19.9. The summed E-state index contributed by atoms with van der Waals surface area (Å²) in [4.78, 5) is 15.2. The number of aromatic nitrogens is 1. The van der Waals surface area contributed by atoms with Gasteiger partial charge in [0.25, 0.3) is 0 Å². The molecule has 0 radical (unpaired) electrons. The van der Waals surface area contributed by atoms with Crippen LogP contribution in [0.3, 0.4) is 0 Å². The van der Waals surface area contributed by atoms with Gasteiger partial charge in [-0.25, -0.2) is 12.7 Å². The smallest absolute Gasteiger partial charge is 0.221 e. The van der Waals surface area contributed by atoms with Gasteiger partial charge >= 0.3 is 0 Å². The average Bonchev–Trinajstić information content (AvgIpc) is 3.28. The summed E-state index contributed by atoms with van der Waals surface area (Å²) in [5.41, 5.74) is 2.11. The van der Waals surface area contributed by atoms with Crippen molar-refractivity contribution in [3.63, 3.8) is 0 Å². The van der Waals surface area contributed by atoms with Gasteiger partial charge in [0.2, 0.25) is 15.9 Å². The van der Waals surface area contributed by atoms with E-state index in [1.807, 2.05) is 30.5 Å². The van der Waals surface area contributed by atoms with Crippen molar-refractivity contribution in [1.29, 1.82) is 0 Å². The summed E-state index contributed by atoms with van der Waals surface area (Å²) in [5.74, 6) is -0.147. The van der Waals surface area contributed by atoms with E-state index in [-0.39, 0.29) is 25.0 Å². The van der Waals surface area contributed by atoms with Crippen LogP contribution in [0, 0.1) is 0 Å². The molecule has 2 N–H and O–H groups in total. The van der Waals surface area contributed by atoms with E-state index in [1.54, 1.807) is 0 Å². The minimum absolute atomic E-state index is 0.0850. The predicted molar refractivity (Wildman–Crippen MR) is 105 cm³/mol. The highest BCUT2D eigenvalue weighted by molar-refractivity contribution is 7.88. The van der Waals surface area contributed by atoms with Gasteiger partial charge in [0.15, 0.2) is 0 Å². The molecular weight excluding hydrogens is 366 g/mol. The number of hydrogen-bond acceptors (Lipinski definition) is 4. The number of hydrogen-bond donors (Lipinski definition) is 2. The third-order valence-corrected chi connectivity index (χ3v) is 6.22. The van der Waals surface area contributed by atoms with E-state index in [0.717, 1.165) is 35.9 Å². The summed E-state index contributed by atoms with van der Waals surface area (Å²) in [6.07, 6.45) is 5.91. The van der Waals surface area contributed by atoms with Crippen molar-refractivity contribution in [3.05, 3.63) is 36.0 Å². The second-order valence-corrected chi connectivity index (χ2v) is 8.94. The lowest BCUT2D eigenvalue weighted by atomic mass is 10.1. The quantitative estimate of drug-likeness (QED) is 0.678. The SMILES string of the molecule is CS(=O)(=O)N(CCC(=O)NCC1CCCO1)CCc1c[nH]c2ccccc12. The van der Waals surface area contributed by atoms with Crippen LogP contribution in [0.1, 0.15) is 24.8 Å². The monoisotopic (exact) mass is 393 g/mol. The van der Waals surface area contributed by atoms with E-state index in [0.29, 0.717) is 19.5 Å². The molecule has 7 nitrogen and oxygen atoms in total. The molecule has 1 aromatic heterocycles. The zero-order valence-electron chi connectivity index (χ0n) is 15.6. The molecule has 1 aliphatic heterocycles. The van der Waals surface area contributed by atoms with Gasteiger partial charge in [-0.2, -0.15) is 0 Å². The number of amides is 1. The molecule has 0 bridgehead atoms. The molecule has 27 heavy (non-hydrogen) atoms. The molecule has 1 aromatic carbocycles. The number of nitrogens with one attached hydrogen (secondary N) is 2. The third-order valence-electron chi connectivity index (χ3n) is 4.91. The summed E-state index contributed by atoms with van der Waals surface area (Å²) < 4.78 is 31.1. The molecule has 2 heterocycles. The van der Waals surface area contributed by atoms with Gasteiger partial charge in [-0.05, 0) is 30.9 Å². The lowest BCUT2D eigenvalue weighted by molar-refractivity contribution is -0.121. The number of fused-ring (bicyclic) bond motifs is 1. The number of carbonyl (C=O) groups excluding carboxylic acids is 1. The van der Waals surface area contributed by atoms with Crippen LogP contribution in [0.4, 0.5) is 0 Å². The summed E-state index contributed by atoms with van der Waals surface area (Å²) in [7, 11) is -3.38. The van der Waals surface area contributed by atoms with Crippen LogP contribution in [0.25, 0.3) is 10.9 Å². The Morgan fingerprint density at radius 1 is 1.33 bits per heavy atom. The lowest BCUT2D eigenvalue weighted by Gasteiger charge is -2.20. The highest BCUT2D eigenvalue weighted by Crippen LogP contribution is 2.18. The maximum atomic E-state index is 12.1. The molecule has 1 fully saturated rings. The van der Waals surface area contributed by atoms with Crippen LogP contribution in [-0.2, 0) is 26.0 Å². The maximum Gasteiger partial charge on any atom is 0.221 e. The molecule has 0 saturated carbocycles. The Hall–Kier alpha value is -1.90. The maximum absolute atomic E-state index is 12.1. The highest BCUT2D eigenvalue weighted by Gasteiger charge is 2.20. The zero-order chi connectivity index (χ0) is 19.3. The molecule has 0 spiro atoms. The molecular formula is C19H27N3O4S. The van der Waals surface area contributed by atoms with Gasteiger partial charge in [-0.3, -0.25) is 4.79 Å². The first-order valence-corrected chi connectivity index (χ1v) is 11.2. The van der Waals surface area contributed by atoms with Crippen LogP contribution in [0.2, 0.25) is 0 Å². The van der Waals surface area contributed by atoms with Crippen molar-refractivity contribution in [2.24, 2.45) is 0 Å². The molecule has 0 aliphatic carbocycles. The molecule has 148 valence electrons. The fraction of sp³-hybridized carbons (Fsp3) is 0.526. The van der Waals surface area contributed by atoms with E-state index < -0.39 is 10.0 Å². The minimum atomic E-state index is -3.38. The van der Waals surface area contributed by atoms with E-state index in [9.17, 15) is 13.2 Å². The van der Waals surface area contributed by atoms with Crippen molar-refractivity contribution in [1.82, 2.24) is 14.6 Å². The molecule has 8 heteroatoms. The normalized spacial score (nSPS) is 17.6. The number of sulfonamides is 1. The van der Waals surface area contributed by atoms with E-state index in [4.69, 9.17) is 4.74 Å². The van der Waals surface area contributed by atoms with Crippen molar-refractivity contribution < 1.29 is 17.9 Å². The zero-order valence-corrected chi connectivity index (χ0v) is 16.4. The number of ether oxygens (including phenoxy) is 1. The Labute approximate surface area is 160 Å². The second-order valence-electron chi connectivity index (χ2n) is 6.96. The number of nitrogens with zero attached hydrogens (tertiary/aromatic N) is 1. The van der Waals surface area contributed by atoms with Gasteiger partial charge in [0.05, 0.1) is 12.4 Å². The van der Waals surface area contributed by atoms with Crippen molar-refractivity contribution in [3.8, 4) is 0 Å². The van der Waals surface area contributed by atoms with Gasteiger partial charge < -0.3 is 15.0 Å². The van der Waals surface area contributed by atoms with Crippen LogP contribution >= 0.6 is 0 Å². The molecule has 1 aliphatic rings. The number of aromatic amines is 1. The summed E-state index contributed by atoms with van der Waals surface area (Å²) in [5, 5.41) is 3.93. The number of carbonyl (C=O) groups is 1. The molecule has 2 aromatic rings. The fourth-order valence-electron chi connectivity index (χ4n) is 3.37. The molecule has 1 atom stereocenters. The first-order chi connectivity index (χ1) is 12.9. The third kappa shape index (κ3) is 5.54. The average molecular weight is 394 g/mol. The van der Waals surface area contributed by atoms with Gasteiger partial charge in [-0.1, -0.05) is 18.2 Å². The van der Waals surface area contributed by atoms with Crippen LogP contribution in [0.5, 0.6) is 0 Å². The topological polar surface area (TPSA) is 91.5 Å². The first-order valence-electron chi connectivity index (χ1n) is 9.32. The van der Waals surface area contributed by atoms with Crippen molar-refractivity contribution in [2.75, 3.05) is 32.5 Å². The van der Waals surface area contributed by atoms with E-state index >= 15 is 0 Å².